The van der Waals surface area contributed by atoms with Gasteiger partial charge in [-0.3, -0.25) is 25.7 Å². The fourth-order valence-corrected chi connectivity index (χ4v) is 2.61. The molecule has 0 saturated carbocycles. The number of unbranched alkanes of at least 4 members (excludes halogenated alkanes) is 9. The summed E-state index contributed by atoms with van der Waals surface area (Å²) < 4.78 is 0. The number of hydrazone groups is 1. The minimum Gasteiger partial charge on any atom is -0.272 e. The van der Waals surface area contributed by atoms with Gasteiger partial charge < -0.3 is 0 Å². The lowest BCUT2D eigenvalue weighted by Crippen LogP contribution is -1.98. The van der Waals surface area contributed by atoms with E-state index in [4.69, 9.17) is 0 Å². The summed E-state index contributed by atoms with van der Waals surface area (Å²) in [5, 5.41) is 25.7. The second-order valence-electron chi connectivity index (χ2n) is 6.26. The second-order valence-corrected chi connectivity index (χ2v) is 6.26. The first-order valence-corrected chi connectivity index (χ1v) is 9.26. The van der Waals surface area contributed by atoms with Crippen molar-refractivity contribution >= 4 is 23.3 Å². The predicted octanol–water partition coefficient (Wildman–Crippen LogP) is 5.82. The largest absolute Gasteiger partial charge is 0.301 e. The highest BCUT2D eigenvalue weighted by atomic mass is 16.6. The molecule has 0 aliphatic carbocycles. The van der Waals surface area contributed by atoms with Crippen molar-refractivity contribution in [2.24, 2.45) is 5.10 Å². The molecule has 0 aliphatic heterocycles. The lowest BCUT2D eigenvalue weighted by molar-refractivity contribution is -0.393. The van der Waals surface area contributed by atoms with Crippen molar-refractivity contribution in [1.82, 2.24) is 0 Å². The molecule has 1 aromatic carbocycles. The minimum atomic E-state index is -0.663. The van der Waals surface area contributed by atoms with Gasteiger partial charge in [0.1, 0.15) is 5.69 Å². The van der Waals surface area contributed by atoms with Gasteiger partial charge in [-0.25, -0.2) is 0 Å². The van der Waals surface area contributed by atoms with Crippen LogP contribution in [0.5, 0.6) is 0 Å². The third-order valence-corrected chi connectivity index (χ3v) is 4.10. The maximum Gasteiger partial charge on any atom is 0.301 e. The molecule has 8 nitrogen and oxygen atoms in total. The van der Waals surface area contributed by atoms with E-state index >= 15 is 0 Å². The molecular formula is C18H28N4O4. The van der Waals surface area contributed by atoms with Crippen LogP contribution in [0.2, 0.25) is 0 Å². The van der Waals surface area contributed by atoms with Gasteiger partial charge in [-0.2, -0.15) is 5.10 Å². The Morgan fingerprint density at radius 2 is 1.58 bits per heavy atom. The molecule has 0 radical (unpaired) electrons. The Bertz CT molecular complexity index is 605. The summed E-state index contributed by atoms with van der Waals surface area (Å²) in [4.78, 5) is 20.4. The molecule has 0 bridgehead atoms. The van der Waals surface area contributed by atoms with Crippen LogP contribution in [0.1, 0.15) is 71.1 Å². The number of hydrogen-bond donors (Lipinski definition) is 1. The van der Waals surface area contributed by atoms with Crippen LogP contribution in [0.25, 0.3) is 0 Å². The number of rotatable bonds is 14. The number of nitro benzene ring substituents is 2. The van der Waals surface area contributed by atoms with Gasteiger partial charge in [-0.1, -0.05) is 58.3 Å². The van der Waals surface area contributed by atoms with E-state index in [0.29, 0.717) is 0 Å². The average Bonchev–Trinajstić information content (AvgIpc) is 2.62. The third-order valence-electron chi connectivity index (χ3n) is 4.10. The topological polar surface area (TPSA) is 111 Å². The Morgan fingerprint density at radius 3 is 2.15 bits per heavy atom. The SMILES string of the molecule is CCCCCCCCCCC/C=N/Nc1ccc([N+](=O)[O-])cc1[N+](=O)[O-]. The first-order chi connectivity index (χ1) is 12.6. The normalized spacial score (nSPS) is 11.0. The van der Waals surface area contributed by atoms with Crippen molar-refractivity contribution < 1.29 is 9.85 Å². The number of anilines is 1. The Kier molecular flexibility index (Phi) is 10.6. The van der Waals surface area contributed by atoms with Gasteiger partial charge in [0.2, 0.25) is 0 Å². The summed E-state index contributed by atoms with van der Waals surface area (Å²) in [7, 11) is 0. The zero-order chi connectivity index (χ0) is 19.2. The summed E-state index contributed by atoms with van der Waals surface area (Å²) in [6, 6.07) is 3.44. The smallest absolute Gasteiger partial charge is 0.272 e. The van der Waals surface area contributed by atoms with Crippen LogP contribution in [0.4, 0.5) is 17.1 Å². The maximum absolute atomic E-state index is 11.0. The molecular weight excluding hydrogens is 336 g/mol. The molecule has 0 unspecified atom stereocenters. The van der Waals surface area contributed by atoms with Gasteiger partial charge in [0.25, 0.3) is 5.69 Å². The number of nitro groups is 2. The Hall–Kier alpha value is -2.51. The number of nitrogens with zero attached hydrogens (tertiary/aromatic N) is 3. The van der Waals surface area contributed by atoms with Gasteiger partial charge >= 0.3 is 5.69 Å². The lowest BCUT2D eigenvalue weighted by Gasteiger charge is -2.02. The molecule has 0 aromatic heterocycles. The number of benzene rings is 1. The molecule has 0 atom stereocenters. The molecule has 1 N–H and O–H groups in total. The van der Waals surface area contributed by atoms with Crippen LogP contribution in [0.15, 0.2) is 23.3 Å². The number of non-ortho nitro benzene ring substituents is 1. The first-order valence-electron chi connectivity index (χ1n) is 9.26. The fraction of sp³-hybridized carbons (Fsp3) is 0.611. The summed E-state index contributed by atoms with van der Waals surface area (Å²) in [5.74, 6) is 0. The van der Waals surface area contributed by atoms with E-state index in [1.807, 2.05) is 0 Å². The molecule has 0 fully saturated rings. The first kappa shape index (κ1) is 21.5. The van der Waals surface area contributed by atoms with E-state index in [2.05, 4.69) is 17.5 Å². The van der Waals surface area contributed by atoms with Crippen molar-refractivity contribution in [2.45, 2.75) is 71.1 Å². The Balaban J connectivity index is 2.26. The van der Waals surface area contributed by atoms with E-state index in [9.17, 15) is 20.2 Å². The molecule has 0 aliphatic rings. The second kappa shape index (κ2) is 12.8. The molecule has 0 amide bonds. The molecule has 144 valence electrons. The van der Waals surface area contributed by atoms with Crippen LogP contribution in [-0.2, 0) is 0 Å². The zero-order valence-electron chi connectivity index (χ0n) is 15.4. The van der Waals surface area contributed by atoms with Crippen LogP contribution in [0.3, 0.4) is 0 Å². The van der Waals surface area contributed by atoms with Gasteiger partial charge in [0.15, 0.2) is 0 Å². The summed E-state index contributed by atoms with van der Waals surface area (Å²) in [6.07, 6.45) is 13.7. The highest BCUT2D eigenvalue weighted by Crippen LogP contribution is 2.28. The average molecular weight is 364 g/mol. The Labute approximate surface area is 154 Å². The zero-order valence-corrected chi connectivity index (χ0v) is 15.4. The molecule has 0 spiro atoms. The van der Waals surface area contributed by atoms with E-state index in [0.717, 1.165) is 25.3 Å². The van der Waals surface area contributed by atoms with Crippen molar-refractivity contribution in [2.75, 3.05) is 5.43 Å². The molecule has 26 heavy (non-hydrogen) atoms. The van der Waals surface area contributed by atoms with Crippen LogP contribution in [-0.4, -0.2) is 16.1 Å². The molecule has 1 aromatic rings. The van der Waals surface area contributed by atoms with Gasteiger partial charge in [-0.05, 0) is 18.9 Å². The van der Waals surface area contributed by atoms with Gasteiger partial charge in [0.05, 0.1) is 15.9 Å². The summed E-state index contributed by atoms with van der Waals surface area (Å²) >= 11 is 0. The highest BCUT2D eigenvalue weighted by molar-refractivity contribution is 5.67. The number of nitrogens with one attached hydrogen (secondary N) is 1. The van der Waals surface area contributed by atoms with Crippen molar-refractivity contribution in [3.8, 4) is 0 Å². The predicted molar refractivity (Wildman–Crippen MR) is 104 cm³/mol. The fourth-order valence-electron chi connectivity index (χ4n) is 2.61. The van der Waals surface area contributed by atoms with Crippen molar-refractivity contribution in [3.63, 3.8) is 0 Å². The summed E-state index contributed by atoms with van der Waals surface area (Å²) in [6.45, 7) is 2.22. The van der Waals surface area contributed by atoms with Gasteiger partial charge in [-0.15, -0.1) is 0 Å². The molecule has 0 saturated heterocycles. The highest BCUT2D eigenvalue weighted by Gasteiger charge is 2.18. The third kappa shape index (κ3) is 8.55. The quantitative estimate of drug-likeness (QED) is 0.193. The molecule has 0 heterocycles. The summed E-state index contributed by atoms with van der Waals surface area (Å²) in [5.41, 5.74) is 2.06. The van der Waals surface area contributed by atoms with Crippen molar-refractivity contribution in [3.05, 3.63) is 38.4 Å². The molecule has 8 heteroatoms. The van der Waals surface area contributed by atoms with E-state index in [-0.39, 0.29) is 17.1 Å². The van der Waals surface area contributed by atoms with E-state index in [1.54, 1.807) is 6.21 Å². The minimum absolute atomic E-state index is 0.143. The van der Waals surface area contributed by atoms with Crippen molar-refractivity contribution in [1.29, 1.82) is 0 Å². The lowest BCUT2D eigenvalue weighted by atomic mass is 10.1. The Morgan fingerprint density at radius 1 is 0.962 bits per heavy atom. The van der Waals surface area contributed by atoms with Gasteiger partial charge in [0, 0.05) is 12.3 Å². The van der Waals surface area contributed by atoms with Crippen LogP contribution >= 0.6 is 0 Å². The number of hydrogen-bond acceptors (Lipinski definition) is 6. The molecule has 1 rings (SSSR count). The van der Waals surface area contributed by atoms with Crippen LogP contribution < -0.4 is 5.43 Å². The standard InChI is InChI=1S/C18H28N4O4/c1-2-3-4-5-6-7-8-9-10-11-14-19-20-17-13-12-16(21(23)24)15-18(17)22(25)26/h12-15,20H,2-11H2,1H3/b19-14+. The van der Waals surface area contributed by atoms with Crippen LogP contribution in [0, 0.1) is 20.2 Å². The van der Waals surface area contributed by atoms with E-state index in [1.165, 1.54) is 57.1 Å². The monoisotopic (exact) mass is 364 g/mol. The maximum atomic E-state index is 11.0. The van der Waals surface area contributed by atoms with E-state index < -0.39 is 9.85 Å².